The summed E-state index contributed by atoms with van der Waals surface area (Å²) in [5.41, 5.74) is 4.53. The summed E-state index contributed by atoms with van der Waals surface area (Å²) in [6, 6.07) is 11.5. The number of nitrogens with one attached hydrogen (secondary N) is 1. The van der Waals surface area contributed by atoms with E-state index in [1.807, 2.05) is 12.1 Å². The van der Waals surface area contributed by atoms with Gasteiger partial charge in [-0.05, 0) is 60.8 Å². The molecular weight excluding hydrogens is 415 g/mol. The Morgan fingerprint density at radius 2 is 1.87 bits per heavy atom. The highest BCUT2D eigenvalue weighted by Crippen LogP contribution is 2.47. The first-order chi connectivity index (χ1) is 15.0. The van der Waals surface area contributed by atoms with Gasteiger partial charge < -0.3 is 5.32 Å². The van der Waals surface area contributed by atoms with Gasteiger partial charge in [0.05, 0.1) is 10.6 Å². The quantitative estimate of drug-likeness (QED) is 0.668. The highest BCUT2D eigenvalue weighted by Gasteiger charge is 2.42. The van der Waals surface area contributed by atoms with Crippen LogP contribution in [0.2, 0.25) is 5.02 Å². The van der Waals surface area contributed by atoms with E-state index >= 15 is 0 Å². The molecule has 1 aromatic heterocycles. The summed E-state index contributed by atoms with van der Waals surface area (Å²) in [6.07, 6.45) is 4.96. The van der Waals surface area contributed by atoms with Crippen LogP contribution in [0.1, 0.15) is 39.9 Å². The Labute approximate surface area is 185 Å². The average molecular weight is 437 g/mol. The molecule has 0 radical (unpaired) electrons. The summed E-state index contributed by atoms with van der Waals surface area (Å²) < 4.78 is 14.3. The number of nitrogens with zero attached hydrogens (tertiary/aromatic N) is 3. The third-order valence-electron chi connectivity index (χ3n) is 6.60. The van der Waals surface area contributed by atoms with Crippen molar-refractivity contribution in [1.82, 2.24) is 20.2 Å². The van der Waals surface area contributed by atoms with E-state index < -0.39 is 0 Å². The third kappa shape index (κ3) is 3.40. The average Bonchev–Trinajstić information content (AvgIpc) is 3.06. The number of carbonyl (C=O) groups excluding carboxylic acids is 1. The zero-order valence-electron chi connectivity index (χ0n) is 17.2. The number of piperidine rings is 1. The standard InChI is InChI=1S/C24H22ClFN4O/c1-27-23(31)17-12-28-22(29-13-17)15-2-4-19-16(10-15)14-30-8-6-24(19,7-9-30)18-3-5-20(25)21(26)11-18/h2-5,10-13H,6-9,14H2,1H3,(H,27,31). The lowest BCUT2D eigenvalue weighted by Gasteiger charge is -2.39. The van der Waals surface area contributed by atoms with E-state index in [2.05, 4.69) is 32.3 Å². The van der Waals surface area contributed by atoms with Crippen molar-refractivity contribution < 1.29 is 9.18 Å². The van der Waals surface area contributed by atoms with E-state index in [1.165, 1.54) is 23.5 Å². The van der Waals surface area contributed by atoms with Gasteiger partial charge in [-0.25, -0.2) is 14.4 Å². The zero-order valence-corrected chi connectivity index (χ0v) is 17.9. The molecule has 0 spiro atoms. The number of amides is 1. The Kier molecular flexibility index (Phi) is 4.99. The minimum Gasteiger partial charge on any atom is -0.355 e. The second-order valence-corrected chi connectivity index (χ2v) is 8.64. The van der Waals surface area contributed by atoms with E-state index in [0.717, 1.165) is 43.6 Å². The first-order valence-electron chi connectivity index (χ1n) is 10.4. The number of hydrogen-bond acceptors (Lipinski definition) is 4. The van der Waals surface area contributed by atoms with E-state index in [-0.39, 0.29) is 22.2 Å². The van der Waals surface area contributed by atoms with Crippen LogP contribution in [-0.2, 0) is 12.0 Å². The number of hydrogen-bond donors (Lipinski definition) is 1. The molecule has 1 amide bonds. The Bertz CT molecular complexity index is 1160. The summed E-state index contributed by atoms with van der Waals surface area (Å²) in [4.78, 5) is 23.0. The Hall–Kier alpha value is -2.83. The maximum Gasteiger partial charge on any atom is 0.254 e. The Morgan fingerprint density at radius 3 is 2.55 bits per heavy atom. The van der Waals surface area contributed by atoms with Crippen LogP contribution in [0.3, 0.4) is 0 Å². The molecule has 31 heavy (non-hydrogen) atoms. The molecule has 3 aromatic rings. The van der Waals surface area contributed by atoms with Crippen molar-refractivity contribution in [2.24, 2.45) is 0 Å². The second kappa shape index (κ2) is 7.70. The second-order valence-electron chi connectivity index (χ2n) is 8.23. The van der Waals surface area contributed by atoms with Gasteiger partial charge in [0.15, 0.2) is 5.82 Å². The number of rotatable bonds is 3. The minimum absolute atomic E-state index is 0.152. The zero-order chi connectivity index (χ0) is 21.6. The summed E-state index contributed by atoms with van der Waals surface area (Å²) in [6.45, 7) is 2.77. The molecule has 3 aliphatic rings. The van der Waals surface area contributed by atoms with Crippen LogP contribution in [0, 0.1) is 5.82 Å². The van der Waals surface area contributed by atoms with E-state index in [4.69, 9.17) is 11.6 Å². The van der Waals surface area contributed by atoms with Crippen LogP contribution in [0.4, 0.5) is 4.39 Å². The molecule has 7 heteroatoms. The number of halogens is 2. The smallest absolute Gasteiger partial charge is 0.254 e. The highest BCUT2D eigenvalue weighted by molar-refractivity contribution is 6.30. The third-order valence-corrected chi connectivity index (χ3v) is 6.90. The fourth-order valence-electron chi connectivity index (χ4n) is 4.91. The summed E-state index contributed by atoms with van der Waals surface area (Å²) in [5.74, 6) is -0.00776. The minimum atomic E-state index is -0.372. The van der Waals surface area contributed by atoms with Crippen LogP contribution in [0.5, 0.6) is 0 Å². The number of benzene rings is 2. The highest BCUT2D eigenvalue weighted by atomic mass is 35.5. The molecule has 1 N–H and O–H groups in total. The molecule has 4 heterocycles. The predicted octanol–water partition coefficient (Wildman–Crippen LogP) is 4.19. The lowest BCUT2D eigenvalue weighted by molar-refractivity contribution is 0.0962. The predicted molar refractivity (Wildman–Crippen MR) is 118 cm³/mol. The van der Waals surface area contributed by atoms with Crippen molar-refractivity contribution in [3.05, 3.63) is 81.9 Å². The van der Waals surface area contributed by atoms with Gasteiger partial charge in [-0.15, -0.1) is 0 Å². The fourth-order valence-corrected chi connectivity index (χ4v) is 5.03. The molecule has 0 atom stereocenters. The molecule has 3 aliphatic heterocycles. The van der Waals surface area contributed by atoms with Gasteiger partial charge in [0.2, 0.25) is 0 Å². The first-order valence-corrected chi connectivity index (χ1v) is 10.7. The van der Waals surface area contributed by atoms with Crippen LogP contribution < -0.4 is 5.32 Å². The van der Waals surface area contributed by atoms with Crippen molar-refractivity contribution in [2.45, 2.75) is 24.8 Å². The molecule has 5 nitrogen and oxygen atoms in total. The van der Waals surface area contributed by atoms with E-state index in [9.17, 15) is 9.18 Å². The summed E-state index contributed by atoms with van der Waals surface area (Å²) in [5, 5.41) is 2.72. The maximum atomic E-state index is 14.3. The van der Waals surface area contributed by atoms with Gasteiger partial charge in [-0.3, -0.25) is 9.69 Å². The van der Waals surface area contributed by atoms with Gasteiger partial charge in [0, 0.05) is 37.0 Å². The molecule has 0 unspecified atom stereocenters. The van der Waals surface area contributed by atoms with Gasteiger partial charge in [-0.2, -0.15) is 0 Å². The van der Waals surface area contributed by atoms with Crippen molar-refractivity contribution in [2.75, 3.05) is 20.1 Å². The Balaban J connectivity index is 1.58. The Morgan fingerprint density at radius 1 is 1.13 bits per heavy atom. The molecule has 2 bridgehead atoms. The number of carbonyl (C=O) groups is 1. The van der Waals surface area contributed by atoms with Gasteiger partial charge in [-0.1, -0.05) is 29.8 Å². The summed E-state index contributed by atoms with van der Waals surface area (Å²) in [7, 11) is 1.58. The topological polar surface area (TPSA) is 58.1 Å². The van der Waals surface area contributed by atoms with E-state index in [0.29, 0.717) is 11.4 Å². The monoisotopic (exact) mass is 436 g/mol. The maximum absolute atomic E-state index is 14.3. The van der Waals surface area contributed by atoms with Crippen LogP contribution in [0.15, 0.2) is 48.8 Å². The van der Waals surface area contributed by atoms with Crippen molar-refractivity contribution >= 4 is 17.5 Å². The van der Waals surface area contributed by atoms with Crippen molar-refractivity contribution in [1.29, 1.82) is 0 Å². The lowest BCUT2D eigenvalue weighted by atomic mass is 9.68. The molecule has 0 aliphatic carbocycles. The van der Waals surface area contributed by atoms with Gasteiger partial charge >= 0.3 is 0 Å². The van der Waals surface area contributed by atoms with Crippen molar-refractivity contribution in [3.63, 3.8) is 0 Å². The van der Waals surface area contributed by atoms with Gasteiger partial charge in [0.1, 0.15) is 5.82 Å². The largest absolute Gasteiger partial charge is 0.355 e. The molecule has 6 rings (SSSR count). The van der Waals surface area contributed by atoms with Crippen LogP contribution in [0.25, 0.3) is 11.4 Å². The first kappa shape index (κ1) is 20.1. The molecule has 158 valence electrons. The van der Waals surface area contributed by atoms with Gasteiger partial charge in [0.25, 0.3) is 5.91 Å². The normalized spacial score (nSPS) is 22.0. The molecule has 1 saturated heterocycles. The summed E-state index contributed by atoms with van der Waals surface area (Å²) >= 11 is 5.96. The molecule has 2 aromatic carbocycles. The van der Waals surface area contributed by atoms with Crippen LogP contribution >= 0.6 is 11.6 Å². The number of aromatic nitrogens is 2. The van der Waals surface area contributed by atoms with Crippen LogP contribution in [-0.4, -0.2) is 40.9 Å². The molecular formula is C24H22ClFN4O. The number of fused-ring (bicyclic) bond motifs is 2. The van der Waals surface area contributed by atoms with Crippen molar-refractivity contribution in [3.8, 4) is 11.4 Å². The SMILES string of the molecule is CNC(=O)c1cnc(-c2ccc3c(c2)CN2CCC3(c3ccc(Cl)c(F)c3)CC2)nc1. The fraction of sp³-hybridized carbons (Fsp3) is 0.292. The lowest BCUT2D eigenvalue weighted by Crippen LogP contribution is -2.39. The molecule has 1 fully saturated rings. The van der Waals surface area contributed by atoms with E-state index in [1.54, 1.807) is 19.2 Å². The molecule has 0 saturated carbocycles.